The van der Waals surface area contributed by atoms with Gasteiger partial charge in [-0.05, 0) is 31.9 Å². The van der Waals surface area contributed by atoms with E-state index in [0.29, 0.717) is 13.0 Å². The Bertz CT molecular complexity index is 381. The Morgan fingerprint density at radius 2 is 1.91 bits per heavy atom. The van der Waals surface area contributed by atoms with Crippen LogP contribution in [0.15, 0.2) is 18.3 Å². The summed E-state index contributed by atoms with van der Waals surface area (Å²) >= 11 is -0.472. The number of ether oxygens (including phenoxy) is 1. The number of aliphatic hydroxyl groups is 1. The maximum absolute atomic E-state index is 10.8. The van der Waals surface area contributed by atoms with Crippen LogP contribution in [0.1, 0.15) is 37.8 Å². The number of carbonyl (C=O) groups excluding carboxylic acids is 1. The summed E-state index contributed by atoms with van der Waals surface area (Å²) in [6.45, 7) is 2.29. The maximum atomic E-state index is 10.8. The second-order valence-electron chi connectivity index (χ2n) is 4.39. The van der Waals surface area contributed by atoms with Crippen molar-refractivity contribution in [3.8, 4) is 5.75 Å². The molecule has 1 rings (SSSR count). The van der Waals surface area contributed by atoms with Crippen molar-refractivity contribution in [3.05, 3.63) is 30.2 Å². The smallest absolute Gasteiger partial charge is 0.693 e. The molecule has 0 spiro atoms. The molecule has 0 aliphatic heterocycles. The molecule has 0 atom stereocenters. The van der Waals surface area contributed by atoms with E-state index in [0.717, 1.165) is 37.1 Å². The number of ketones is 1. The number of aryl methyl sites for hydroxylation is 1. The van der Waals surface area contributed by atoms with Crippen LogP contribution in [0.3, 0.4) is 0 Å². The number of halogens is 2. The largest absolute Gasteiger partial charge is 0.693 e. The van der Waals surface area contributed by atoms with Gasteiger partial charge in [0, 0.05) is 12.1 Å². The Morgan fingerprint density at radius 3 is 2.45 bits per heavy atom. The van der Waals surface area contributed by atoms with Gasteiger partial charge in [0.15, 0.2) is 5.78 Å². The number of nitrogens with zero attached hydrogens (tertiary/aromatic N) is 1. The van der Waals surface area contributed by atoms with Gasteiger partial charge >= 0.3 is 35.3 Å². The Labute approximate surface area is 148 Å². The molecule has 3 N–H and O–H groups in total. The van der Waals surface area contributed by atoms with Gasteiger partial charge in [0.2, 0.25) is 0 Å². The van der Waals surface area contributed by atoms with Crippen LogP contribution >= 0.6 is 18.8 Å². The van der Waals surface area contributed by atoms with E-state index >= 15 is 0 Å². The van der Waals surface area contributed by atoms with Gasteiger partial charge in [-0.15, -0.1) is 0 Å². The zero-order chi connectivity index (χ0) is 15.9. The second-order valence-corrected chi connectivity index (χ2v) is 7.67. The van der Waals surface area contributed by atoms with Gasteiger partial charge in [-0.25, -0.2) is 0 Å². The van der Waals surface area contributed by atoms with E-state index in [2.05, 4.69) is 4.98 Å². The monoisotopic (exact) mass is 532 g/mol. The van der Waals surface area contributed by atoms with Crippen LogP contribution in [0.5, 0.6) is 5.75 Å². The molecule has 132 valence electrons. The Kier molecular flexibility index (Phi) is 18.8. The van der Waals surface area contributed by atoms with Crippen molar-refractivity contribution in [2.45, 2.75) is 39.0 Å². The van der Waals surface area contributed by atoms with E-state index in [1.807, 2.05) is 19.1 Å². The summed E-state index contributed by atoms with van der Waals surface area (Å²) in [4.78, 5) is 15.0. The van der Waals surface area contributed by atoms with Crippen molar-refractivity contribution in [3.63, 3.8) is 0 Å². The minimum Gasteiger partial charge on any atom is -0.693 e. The number of unbranched alkanes of at least 4 members (excludes halogenated alkanes) is 3. The van der Waals surface area contributed by atoms with Crippen molar-refractivity contribution in [2.75, 3.05) is 13.2 Å². The topological polar surface area (TPSA) is 92.9 Å². The fourth-order valence-corrected chi connectivity index (χ4v) is 1.59. The zero-order valence-corrected chi connectivity index (χ0v) is 16.3. The summed E-state index contributed by atoms with van der Waals surface area (Å²) in [7, 11) is 9.75. The van der Waals surface area contributed by atoms with E-state index in [1.54, 1.807) is 6.20 Å². The first-order valence-electron chi connectivity index (χ1n) is 6.64. The van der Waals surface area contributed by atoms with Gasteiger partial charge in [-0.2, -0.15) is 0 Å². The molecule has 1 heterocycles. The average molecular weight is 533 g/mol. The molecule has 5 nitrogen and oxygen atoms in total. The van der Waals surface area contributed by atoms with Gasteiger partial charge < -0.3 is 16.0 Å². The molecule has 8 heteroatoms. The van der Waals surface area contributed by atoms with Crippen molar-refractivity contribution in [1.29, 1.82) is 0 Å². The molecule has 0 unspecified atom stereocenters. The first kappa shape index (κ1) is 24.1. The van der Waals surface area contributed by atoms with Crippen LogP contribution in [0.2, 0.25) is 0 Å². The number of carbonyl (C=O) groups is 1. The van der Waals surface area contributed by atoms with E-state index in [4.69, 9.17) is 28.7 Å². The number of nitrogens with two attached hydrogens (primary N) is 1. The normalized spacial score (nSPS) is 9.45. The number of rotatable bonds is 9. The molecule has 1 aromatic rings. The molecule has 0 amide bonds. The molecule has 0 fully saturated rings. The predicted octanol–water partition coefficient (Wildman–Crippen LogP) is 4.37. The van der Waals surface area contributed by atoms with Gasteiger partial charge in [-0.1, -0.05) is 12.8 Å². The van der Waals surface area contributed by atoms with E-state index in [9.17, 15) is 4.79 Å². The molecular formula is C14H23Cl2N2O3Pt-. The van der Waals surface area contributed by atoms with Crippen LogP contribution in [-0.2, 0) is 21.3 Å². The van der Waals surface area contributed by atoms with Crippen LogP contribution in [-0.4, -0.2) is 29.1 Å². The third-order valence-corrected chi connectivity index (χ3v) is 2.68. The van der Waals surface area contributed by atoms with Crippen LogP contribution < -0.4 is 4.74 Å². The standard InChI is InChI=1S/C14H21NO3.2ClH.H2N.Pt/c1-12-7-8-14(10-15-12)18-9-5-3-2-4-6-13(17)11-16;;;;/h7-8,10,16H,2-6,9,11H2,1H3;2*1H;1H2;/q;;;-1;+2/p-2. The summed E-state index contributed by atoms with van der Waals surface area (Å²) in [6.07, 6.45) is 6.08. The minimum absolute atomic E-state index is 0. The molecule has 0 aromatic carbocycles. The Hall–Kier alpha value is -0.192. The first-order valence-corrected chi connectivity index (χ1v) is 12.3. The molecule has 22 heavy (non-hydrogen) atoms. The number of pyridine rings is 1. The van der Waals surface area contributed by atoms with Crippen LogP contribution in [0.4, 0.5) is 0 Å². The molecule has 0 aliphatic rings. The minimum atomic E-state index is -0.472. The summed E-state index contributed by atoms with van der Waals surface area (Å²) in [6, 6.07) is 3.85. The van der Waals surface area contributed by atoms with Crippen molar-refractivity contribution >= 4 is 24.6 Å². The van der Waals surface area contributed by atoms with Gasteiger partial charge in [0.1, 0.15) is 12.4 Å². The van der Waals surface area contributed by atoms with E-state index < -0.39 is 16.5 Å². The molecular weight excluding hydrogens is 510 g/mol. The third-order valence-electron chi connectivity index (χ3n) is 2.68. The fraction of sp³-hybridized carbons (Fsp3) is 0.571. The van der Waals surface area contributed by atoms with Crippen LogP contribution in [0, 0.1) is 6.92 Å². The molecule has 0 radical (unpaired) electrons. The number of Topliss-reactive ketones (excluding diaryl/α,β-unsaturated/α-hetero) is 1. The quantitative estimate of drug-likeness (QED) is 0.478. The maximum Gasteiger partial charge on any atom is -0.693 e. The second kappa shape index (κ2) is 17.2. The van der Waals surface area contributed by atoms with Gasteiger partial charge in [0.25, 0.3) is 0 Å². The fourth-order valence-electron chi connectivity index (χ4n) is 1.59. The van der Waals surface area contributed by atoms with Crippen molar-refractivity contribution in [2.24, 2.45) is 0 Å². The number of hydrogen-bond donors (Lipinski definition) is 1. The van der Waals surface area contributed by atoms with Gasteiger partial charge in [-0.3, -0.25) is 9.78 Å². The third kappa shape index (κ3) is 14.7. The zero-order valence-electron chi connectivity index (χ0n) is 12.5. The Balaban J connectivity index is 0. The van der Waals surface area contributed by atoms with Crippen LogP contribution in [0.25, 0.3) is 6.15 Å². The molecule has 0 saturated heterocycles. The SMILES string of the molecule is Cc1ccc(OCCCCCCC(=O)CO)cn1.[Cl][Pt][Cl].[NH2-]. The summed E-state index contributed by atoms with van der Waals surface area (Å²) in [5, 5.41) is 8.55. The van der Waals surface area contributed by atoms with E-state index in [1.165, 1.54) is 0 Å². The molecule has 0 bridgehead atoms. The number of aromatic nitrogens is 1. The molecule has 0 aliphatic carbocycles. The average Bonchev–Trinajstić information content (AvgIpc) is 2.48. The summed E-state index contributed by atoms with van der Waals surface area (Å²) < 4.78 is 5.54. The summed E-state index contributed by atoms with van der Waals surface area (Å²) in [5.74, 6) is 0.730. The van der Waals surface area contributed by atoms with Crippen molar-refractivity contribution < 1.29 is 31.1 Å². The number of hydrogen-bond acceptors (Lipinski definition) is 4. The Morgan fingerprint density at radius 1 is 1.27 bits per heavy atom. The van der Waals surface area contributed by atoms with Gasteiger partial charge in [0.05, 0.1) is 12.8 Å². The predicted molar refractivity (Wildman–Crippen MR) is 86.6 cm³/mol. The van der Waals surface area contributed by atoms with E-state index in [-0.39, 0.29) is 18.5 Å². The number of aliphatic hydroxyl groups excluding tert-OH is 1. The summed E-state index contributed by atoms with van der Waals surface area (Å²) in [5.41, 5.74) is 0.982. The molecule has 1 aromatic heterocycles. The molecule has 0 saturated carbocycles. The first-order chi connectivity index (χ1) is 10.1. The van der Waals surface area contributed by atoms with Crippen molar-refractivity contribution in [1.82, 2.24) is 4.98 Å².